The quantitative estimate of drug-likeness (QED) is 0.451. The number of carboxylic acids is 1. The summed E-state index contributed by atoms with van der Waals surface area (Å²) in [6.07, 6.45) is 11.3. The summed E-state index contributed by atoms with van der Waals surface area (Å²) in [4.78, 5) is 29.0. The van der Waals surface area contributed by atoms with Crippen LogP contribution in [0.1, 0.15) is 92.4 Å². The van der Waals surface area contributed by atoms with E-state index < -0.39 is 23.5 Å². The van der Waals surface area contributed by atoms with Crippen LogP contribution in [0.5, 0.6) is 0 Å². The third kappa shape index (κ3) is 4.54. The smallest absolute Gasteiger partial charge is 0.326 e. The van der Waals surface area contributed by atoms with E-state index in [4.69, 9.17) is 4.84 Å². The van der Waals surface area contributed by atoms with Gasteiger partial charge in [0, 0.05) is 0 Å². The summed E-state index contributed by atoms with van der Waals surface area (Å²) >= 11 is 0. The van der Waals surface area contributed by atoms with Crippen molar-refractivity contribution in [3.63, 3.8) is 0 Å². The fraction of sp³-hybridized carbons (Fsp3) is 0.821. The summed E-state index contributed by atoms with van der Waals surface area (Å²) in [5.74, 6) is 0.277. The third-order valence-corrected chi connectivity index (χ3v) is 10.7. The highest BCUT2D eigenvalue weighted by Gasteiger charge is 2.62. The average molecular weight is 489 g/mol. The minimum absolute atomic E-state index is 0.0377. The third-order valence-electron chi connectivity index (χ3n) is 10.7. The molecule has 0 bridgehead atoms. The van der Waals surface area contributed by atoms with Crippen molar-refractivity contribution >= 4 is 17.6 Å². The average Bonchev–Trinajstić information content (AvgIpc) is 3.05. The van der Waals surface area contributed by atoms with E-state index in [1.807, 2.05) is 13.8 Å². The molecule has 0 radical (unpaired) electrons. The predicted molar refractivity (Wildman–Crippen MR) is 135 cm³/mol. The normalized spacial score (nSPS) is 41.1. The van der Waals surface area contributed by atoms with Crippen molar-refractivity contribution in [3.05, 3.63) is 11.6 Å². The second kappa shape index (κ2) is 9.53. The summed E-state index contributed by atoms with van der Waals surface area (Å²) < 4.78 is 0. The molecule has 4 unspecified atom stereocenters. The number of oxime groups is 1. The van der Waals surface area contributed by atoms with Gasteiger partial charge in [0.25, 0.3) is 5.91 Å². The lowest BCUT2D eigenvalue weighted by molar-refractivity contribution is -0.144. The van der Waals surface area contributed by atoms with Gasteiger partial charge in [-0.15, -0.1) is 0 Å². The first kappa shape index (κ1) is 26.2. The maximum absolute atomic E-state index is 12.2. The van der Waals surface area contributed by atoms with Crippen molar-refractivity contribution in [3.8, 4) is 0 Å². The zero-order chi connectivity index (χ0) is 25.6. The summed E-state index contributed by atoms with van der Waals surface area (Å²) in [5, 5.41) is 27.3. The van der Waals surface area contributed by atoms with E-state index >= 15 is 0 Å². The first-order chi connectivity index (χ1) is 16.4. The molecule has 0 aromatic rings. The van der Waals surface area contributed by atoms with Crippen LogP contribution < -0.4 is 5.32 Å². The molecule has 0 aliphatic heterocycles. The standard InChI is InChI=1S/C28H44N2O5/c1-6-17(2)24(25(32)33)29-23(31)16-35-30-19-9-12-26(3)18(15-19)7-8-20-21(26)10-13-27(4)22(20)11-14-28(27,5)34/h15,17,20-22,24,34H,6-14,16H2,1-5H3,(H,29,31)(H,32,33)/t17?,20-,21?,22?,24?,26+,27+,28+/m1/s1. The number of aliphatic carboxylic acids is 1. The number of carboxylic acid groups (broad SMARTS) is 1. The first-order valence-electron chi connectivity index (χ1n) is 13.6. The van der Waals surface area contributed by atoms with E-state index in [1.165, 1.54) is 18.4 Å². The lowest BCUT2D eigenvalue weighted by Gasteiger charge is -2.59. The Kier molecular flexibility index (Phi) is 7.13. The maximum atomic E-state index is 12.2. The largest absolute Gasteiger partial charge is 0.480 e. The first-order valence-corrected chi connectivity index (χ1v) is 13.6. The molecule has 0 aromatic heterocycles. The van der Waals surface area contributed by atoms with Gasteiger partial charge in [0.2, 0.25) is 0 Å². The summed E-state index contributed by atoms with van der Waals surface area (Å²) in [7, 11) is 0. The highest BCUT2D eigenvalue weighted by Crippen LogP contribution is 2.67. The molecule has 196 valence electrons. The number of nitrogens with one attached hydrogen (secondary N) is 1. The second-order valence-corrected chi connectivity index (χ2v) is 12.4. The Morgan fingerprint density at radius 2 is 1.86 bits per heavy atom. The number of allylic oxidation sites excluding steroid dienone is 2. The fourth-order valence-electron chi connectivity index (χ4n) is 7.96. The molecule has 0 heterocycles. The van der Waals surface area contributed by atoms with Crippen LogP contribution in [0.15, 0.2) is 16.8 Å². The van der Waals surface area contributed by atoms with E-state index in [0.29, 0.717) is 24.2 Å². The molecule has 0 saturated heterocycles. The number of carbonyl (C=O) groups excluding carboxylic acids is 1. The zero-order valence-corrected chi connectivity index (χ0v) is 22.1. The molecule has 3 saturated carbocycles. The number of amides is 1. The predicted octanol–water partition coefficient (Wildman–Crippen LogP) is 4.69. The molecule has 3 fully saturated rings. The van der Waals surface area contributed by atoms with Gasteiger partial charge in [-0.05, 0) is 98.9 Å². The van der Waals surface area contributed by atoms with Gasteiger partial charge in [-0.2, -0.15) is 0 Å². The Labute approximate surface area is 209 Å². The van der Waals surface area contributed by atoms with Gasteiger partial charge >= 0.3 is 5.97 Å². The number of aliphatic hydroxyl groups is 1. The Bertz CT molecular complexity index is 911. The number of nitrogens with zero attached hydrogens (tertiary/aromatic N) is 1. The van der Waals surface area contributed by atoms with Crippen LogP contribution in [0.2, 0.25) is 0 Å². The van der Waals surface area contributed by atoms with Crippen molar-refractivity contribution in [1.29, 1.82) is 0 Å². The summed E-state index contributed by atoms with van der Waals surface area (Å²) in [6, 6.07) is -0.919. The van der Waals surface area contributed by atoms with Gasteiger partial charge in [0.15, 0.2) is 6.61 Å². The molecule has 4 rings (SSSR count). The maximum Gasteiger partial charge on any atom is 0.326 e. The second-order valence-electron chi connectivity index (χ2n) is 12.4. The molecular formula is C28H44N2O5. The minimum Gasteiger partial charge on any atom is -0.480 e. The summed E-state index contributed by atoms with van der Waals surface area (Å²) in [5.41, 5.74) is 1.97. The van der Waals surface area contributed by atoms with E-state index in [9.17, 15) is 19.8 Å². The topological polar surface area (TPSA) is 108 Å². The van der Waals surface area contributed by atoms with Crippen LogP contribution in [-0.2, 0) is 14.4 Å². The lowest BCUT2D eigenvalue weighted by atomic mass is 9.46. The Morgan fingerprint density at radius 1 is 1.14 bits per heavy atom. The number of rotatable bonds is 7. The molecule has 8 atom stereocenters. The highest BCUT2D eigenvalue weighted by atomic mass is 16.6. The van der Waals surface area contributed by atoms with E-state index in [0.717, 1.165) is 44.2 Å². The minimum atomic E-state index is -1.03. The van der Waals surface area contributed by atoms with E-state index in [2.05, 4.69) is 37.3 Å². The zero-order valence-electron chi connectivity index (χ0n) is 22.1. The van der Waals surface area contributed by atoms with Crippen molar-refractivity contribution in [2.45, 2.75) is 104 Å². The van der Waals surface area contributed by atoms with E-state index in [1.54, 1.807) is 0 Å². The van der Waals surface area contributed by atoms with E-state index in [-0.39, 0.29) is 23.4 Å². The number of hydrogen-bond acceptors (Lipinski definition) is 5. The van der Waals surface area contributed by atoms with Crippen molar-refractivity contribution in [2.24, 2.45) is 39.7 Å². The molecule has 4 aliphatic carbocycles. The van der Waals surface area contributed by atoms with Gasteiger partial charge in [0.05, 0.1) is 11.3 Å². The molecule has 7 nitrogen and oxygen atoms in total. The van der Waals surface area contributed by atoms with Gasteiger partial charge in [-0.25, -0.2) is 4.79 Å². The molecule has 3 N–H and O–H groups in total. The van der Waals surface area contributed by atoms with Crippen LogP contribution in [0, 0.1) is 34.5 Å². The van der Waals surface area contributed by atoms with Gasteiger partial charge < -0.3 is 20.4 Å². The lowest BCUT2D eigenvalue weighted by Crippen LogP contribution is -2.53. The molecule has 0 aromatic carbocycles. The SMILES string of the molecule is CCC(C)C(NC(=O)CON=C1C=C2CC[C@@H]3C(CC[C@@]4(C)C3CC[C@]4(C)O)[C@@]2(C)CC1)C(=O)O. The molecule has 35 heavy (non-hydrogen) atoms. The molecular weight excluding hydrogens is 444 g/mol. The van der Waals surface area contributed by atoms with Crippen LogP contribution >= 0.6 is 0 Å². The van der Waals surface area contributed by atoms with Gasteiger partial charge in [-0.3, -0.25) is 4.79 Å². The molecule has 0 spiro atoms. The number of carbonyl (C=O) groups is 2. The van der Waals surface area contributed by atoms with Crippen molar-refractivity contribution < 1.29 is 24.6 Å². The van der Waals surface area contributed by atoms with Crippen LogP contribution in [0.3, 0.4) is 0 Å². The Hall–Kier alpha value is -1.89. The summed E-state index contributed by atoms with van der Waals surface area (Å²) in [6.45, 7) is 10.2. The van der Waals surface area contributed by atoms with Gasteiger partial charge in [-0.1, -0.05) is 44.8 Å². The monoisotopic (exact) mass is 488 g/mol. The molecule has 7 heteroatoms. The molecule has 4 aliphatic rings. The number of hydrogen-bond donors (Lipinski definition) is 3. The van der Waals surface area contributed by atoms with Crippen molar-refractivity contribution in [1.82, 2.24) is 5.32 Å². The van der Waals surface area contributed by atoms with Crippen molar-refractivity contribution in [2.75, 3.05) is 6.61 Å². The Balaban J connectivity index is 1.39. The number of fused-ring (bicyclic) bond motifs is 5. The fourth-order valence-corrected chi connectivity index (χ4v) is 7.96. The van der Waals surface area contributed by atoms with Crippen LogP contribution in [-0.4, -0.2) is 46.1 Å². The Morgan fingerprint density at radius 3 is 2.54 bits per heavy atom. The van der Waals surface area contributed by atoms with Crippen LogP contribution in [0.4, 0.5) is 0 Å². The highest BCUT2D eigenvalue weighted by molar-refractivity contribution is 5.96. The molecule has 1 amide bonds. The van der Waals surface area contributed by atoms with Gasteiger partial charge in [0.1, 0.15) is 6.04 Å². The van der Waals surface area contributed by atoms with Crippen LogP contribution in [0.25, 0.3) is 0 Å².